The van der Waals surface area contributed by atoms with Crippen molar-refractivity contribution >= 4 is 34.1 Å². The van der Waals surface area contributed by atoms with Gasteiger partial charge >= 0.3 is 0 Å². The topological polar surface area (TPSA) is 32.3 Å². The van der Waals surface area contributed by atoms with Gasteiger partial charge in [0.2, 0.25) is 0 Å². The van der Waals surface area contributed by atoms with Crippen molar-refractivity contribution in [2.24, 2.45) is 0 Å². The van der Waals surface area contributed by atoms with Crippen LogP contribution in [0.15, 0.2) is 182 Å². The maximum atomic E-state index is 4.81. The van der Waals surface area contributed by atoms with Gasteiger partial charge in [0, 0.05) is 45.7 Å². The number of anilines is 6. The summed E-state index contributed by atoms with van der Waals surface area (Å²) in [5.41, 5.74) is 18.5. The molecule has 56 heavy (non-hydrogen) atoms. The Balaban J connectivity index is 0.939. The van der Waals surface area contributed by atoms with E-state index in [-0.39, 0.29) is 10.8 Å². The van der Waals surface area contributed by atoms with Crippen molar-refractivity contribution in [1.29, 1.82) is 0 Å². The summed E-state index contributed by atoms with van der Waals surface area (Å²) in [6, 6.07) is 61.2. The Morgan fingerprint density at radius 3 is 0.964 bits per heavy atom. The molecule has 4 nitrogen and oxygen atoms in total. The molecule has 270 valence electrons. The summed E-state index contributed by atoms with van der Waals surface area (Å²) in [5.74, 6) is 0. The monoisotopic (exact) mass is 722 g/mol. The van der Waals surface area contributed by atoms with E-state index in [0.717, 1.165) is 45.0 Å². The third kappa shape index (κ3) is 5.36. The van der Waals surface area contributed by atoms with Crippen molar-refractivity contribution in [3.8, 4) is 33.6 Å². The highest BCUT2D eigenvalue weighted by atomic mass is 15.2. The second kappa shape index (κ2) is 12.9. The first-order valence-electron chi connectivity index (χ1n) is 19.4. The molecule has 0 fully saturated rings. The van der Waals surface area contributed by atoms with Crippen LogP contribution >= 0.6 is 0 Å². The average molecular weight is 723 g/mol. The molecule has 0 spiro atoms. The predicted molar refractivity (Wildman–Crippen MR) is 232 cm³/mol. The van der Waals surface area contributed by atoms with Gasteiger partial charge < -0.3 is 9.80 Å². The van der Waals surface area contributed by atoms with Crippen molar-refractivity contribution in [3.05, 3.63) is 205 Å². The van der Waals surface area contributed by atoms with Gasteiger partial charge in [-0.25, -0.2) is 0 Å². The third-order valence-electron chi connectivity index (χ3n) is 12.0. The molecule has 0 atom stereocenters. The standard InChI is InChI=1S/C52H42N4/c1-51(2)41-13-5-9-17-47(41)55(48-18-10-6-14-42(48)51)39-25-21-35(22-26-39)45-33-37(29-31-53-45)38-30-32-54-46(34-38)36-23-27-40(28-24-36)56-49-19-11-7-15-43(49)52(3,4)44-16-8-12-20-50(44)56/h5-34H,1-4H3. The van der Waals surface area contributed by atoms with E-state index < -0.39 is 0 Å². The van der Waals surface area contributed by atoms with Gasteiger partial charge in [-0.3, -0.25) is 9.97 Å². The molecule has 4 heterocycles. The summed E-state index contributed by atoms with van der Waals surface area (Å²) < 4.78 is 0. The first-order valence-corrected chi connectivity index (χ1v) is 19.4. The average Bonchev–Trinajstić information content (AvgIpc) is 3.25. The van der Waals surface area contributed by atoms with Crippen molar-refractivity contribution < 1.29 is 0 Å². The molecule has 0 radical (unpaired) electrons. The Morgan fingerprint density at radius 1 is 0.339 bits per heavy atom. The Kier molecular flexibility index (Phi) is 7.79. The van der Waals surface area contributed by atoms with Gasteiger partial charge in [0.1, 0.15) is 0 Å². The van der Waals surface area contributed by atoms with E-state index in [0.29, 0.717) is 0 Å². The van der Waals surface area contributed by atoms with Gasteiger partial charge in [-0.2, -0.15) is 0 Å². The molecular weight excluding hydrogens is 681 g/mol. The molecular formula is C52H42N4. The molecule has 0 bridgehead atoms. The smallest absolute Gasteiger partial charge is 0.0708 e. The summed E-state index contributed by atoms with van der Waals surface area (Å²) in [7, 11) is 0. The molecule has 0 amide bonds. The second-order valence-corrected chi connectivity index (χ2v) is 15.9. The number of pyridine rings is 2. The molecule has 8 aromatic rings. The highest BCUT2D eigenvalue weighted by molar-refractivity contribution is 5.88. The molecule has 0 aliphatic carbocycles. The van der Waals surface area contributed by atoms with Crippen molar-refractivity contribution in [2.45, 2.75) is 38.5 Å². The number of rotatable bonds is 5. The Hall–Kier alpha value is -6.78. The lowest BCUT2D eigenvalue weighted by atomic mass is 9.73. The van der Waals surface area contributed by atoms with Crippen LogP contribution < -0.4 is 9.80 Å². The number of nitrogens with zero attached hydrogens (tertiary/aromatic N) is 4. The minimum Gasteiger partial charge on any atom is -0.310 e. The molecule has 2 aliphatic heterocycles. The summed E-state index contributed by atoms with van der Waals surface area (Å²) in [5, 5.41) is 0. The number of aromatic nitrogens is 2. The molecule has 0 N–H and O–H groups in total. The fourth-order valence-corrected chi connectivity index (χ4v) is 8.99. The van der Waals surface area contributed by atoms with Gasteiger partial charge in [0.05, 0.1) is 34.1 Å². The minimum atomic E-state index is -0.0884. The first kappa shape index (κ1) is 33.8. The van der Waals surface area contributed by atoms with Crippen LogP contribution in [0, 0.1) is 0 Å². The van der Waals surface area contributed by atoms with E-state index in [2.05, 4.69) is 207 Å². The van der Waals surface area contributed by atoms with E-state index in [4.69, 9.17) is 9.97 Å². The zero-order valence-corrected chi connectivity index (χ0v) is 32.1. The number of para-hydroxylation sites is 4. The second-order valence-electron chi connectivity index (χ2n) is 15.9. The first-order chi connectivity index (χ1) is 27.3. The van der Waals surface area contributed by atoms with Crippen molar-refractivity contribution in [3.63, 3.8) is 0 Å². The molecule has 0 saturated carbocycles. The molecule has 0 unspecified atom stereocenters. The fraction of sp³-hybridized carbons (Fsp3) is 0.115. The number of benzene rings is 6. The van der Waals surface area contributed by atoms with Gasteiger partial charge in [0.25, 0.3) is 0 Å². The number of fused-ring (bicyclic) bond motifs is 4. The minimum absolute atomic E-state index is 0.0884. The van der Waals surface area contributed by atoms with Crippen LogP contribution in [-0.2, 0) is 10.8 Å². The van der Waals surface area contributed by atoms with E-state index in [1.807, 2.05) is 12.4 Å². The van der Waals surface area contributed by atoms with Crippen LogP contribution in [0.25, 0.3) is 33.6 Å². The van der Waals surface area contributed by atoms with Crippen molar-refractivity contribution in [2.75, 3.05) is 9.80 Å². The number of hydrogen-bond acceptors (Lipinski definition) is 4. The zero-order chi connectivity index (χ0) is 38.0. The Morgan fingerprint density at radius 2 is 0.643 bits per heavy atom. The van der Waals surface area contributed by atoms with Crippen LogP contribution in [-0.4, -0.2) is 9.97 Å². The van der Waals surface area contributed by atoms with Crippen molar-refractivity contribution in [1.82, 2.24) is 9.97 Å². The van der Waals surface area contributed by atoms with Gasteiger partial charge in [-0.15, -0.1) is 0 Å². The lowest BCUT2D eigenvalue weighted by Crippen LogP contribution is -2.30. The third-order valence-corrected chi connectivity index (χ3v) is 12.0. The largest absolute Gasteiger partial charge is 0.310 e. The number of hydrogen-bond donors (Lipinski definition) is 0. The highest BCUT2D eigenvalue weighted by Gasteiger charge is 2.37. The Labute approximate surface area is 329 Å². The molecule has 2 aliphatic rings. The highest BCUT2D eigenvalue weighted by Crippen LogP contribution is 2.53. The van der Waals surface area contributed by atoms with E-state index in [9.17, 15) is 0 Å². The maximum Gasteiger partial charge on any atom is 0.0708 e. The van der Waals surface area contributed by atoms with E-state index in [1.165, 1.54) is 45.0 Å². The normalized spacial score (nSPS) is 14.6. The molecule has 10 rings (SSSR count). The summed E-state index contributed by atoms with van der Waals surface area (Å²) in [6.45, 7) is 9.28. The fourth-order valence-electron chi connectivity index (χ4n) is 8.99. The molecule has 6 aromatic carbocycles. The van der Waals surface area contributed by atoms with Crippen LogP contribution in [0.3, 0.4) is 0 Å². The van der Waals surface area contributed by atoms with Crippen LogP contribution in [0.5, 0.6) is 0 Å². The lowest BCUT2D eigenvalue weighted by Gasteiger charge is -2.42. The predicted octanol–water partition coefficient (Wildman–Crippen LogP) is 13.7. The quantitative estimate of drug-likeness (QED) is 0.177. The maximum absolute atomic E-state index is 4.81. The van der Waals surface area contributed by atoms with E-state index >= 15 is 0 Å². The lowest BCUT2D eigenvalue weighted by molar-refractivity contribution is 0.632. The van der Waals surface area contributed by atoms with Crippen LogP contribution in [0.1, 0.15) is 49.9 Å². The molecule has 0 saturated heterocycles. The Bertz CT molecular complexity index is 2470. The van der Waals surface area contributed by atoms with E-state index in [1.54, 1.807) is 0 Å². The van der Waals surface area contributed by atoms with Gasteiger partial charge in [-0.05, 0) is 106 Å². The molecule has 2 aromatic heterocycles. The van der Waals surface area contributed by atoms with Gasteiger partial charge in [-0.1, -0.05) is 125 Å². The van der Waals surface area contributed by atoms with Crippen LogP contribution in [0.2, 0.25) is 0 Å². The van der Waals surface area contributed by atoms with Gasteiger partial charge in [0.15, 0.2) is 0 Å². The summed E-state index contributed by atoms with van der Waals surface area (Å²) in [4.78, 5) is 14.4. The zero-order valence-electron chi connectivity index (χ0n) is 32.1. The SMILES string of the molecule is CC1(C)c2ccccc2N(c2ccc(-c3cc(-c4ccnc(-c5ccc(N6c7ccccc7C(C)(C)c7ccccc76)cc5)c4)ccn3)cc2)c2ccccc21. The van der Waals surface area contributed by atoms with Crippen LogP contribution in [0.4, 0.5) is 34.1 Å². The summed E-state index contributed by atoms with van der Waals surface area (Å²) >= 11 is 0. The summed E-state index contributed by atoms with van der Waals surface area (Å²) in [6.07, 6.45) is 3.81. The molecule has 4 heteroatoms.